The molecule has 1 aromatic carbocycles. The van der Waals surface area contributed by atoms with E-state index in [1.807, 2.05) is 30.3 Å². The van der Waals surface area contributed by atoms with Crippen molar-refractivity contribution >= 4 is 0 Å². The number of aliphatic hydroxyl groups is 6. The van der Waals surface area contributed by atoms with Crippen LogP contribution >= 0.6 is 0 Å². The average Bonchev–Trinajstić information content (AvgIpc) is 2.71. The second-order valence-corrected chi connectivity index (χ2v) is 6.85. The largest absolute Gasteiger partial charge is 0.394 e. The Labute approximate surface area is 161 Å². The molecular formula is C18H26O10. The summed E-state index contributed by atoms with van der Waals surface area (Å²) in [6.07, 6.45) is -12.6. The fourth-order valence-corrected chi connectivity index (χ4v) is 3.17. The van der Waals surface area contributed by atoms with Crippen LogP contribution in [0.2, 0.25) is 0 Å². The van der Waals surface area contributed by atoms with Gasteiger partial charge in [0.1, 0.15) is 42.7 Å². The fourth-order valence-electron chi connectivity index (χ4n) is 3.17. The number of rotatable bonds is 6. The number of aliphatic hydroxyl groups excluding tert-OH is 6. The van der Waals surface area contributed by atoms with Gasteiger partial charge in [0.2, 0.25) is 0 Å². The van der Waals surface area contributed by atoms with E-state index in [0.717, 1.165) is 5.56 Å². The Bertz CT molecular complexity index is 599. The van der Waals surface area contributed by atoms with E-state index in [9.17, 15) is 30.6 Å². The Morgan fingerprint density at radius 1 is 0.929 bits per heavy atom. The summed E-state index contributed by atoms with van der Waals surface area (Å²) >= 11 is 0. The van der Waals surface area contributed by atoms with Gasteiger partial charge in [-0.3, -0.25) is 0 Å². The molecule has 28 heavy (non-hydrogen) atoms. The summed E-state index contributed by atoms with van der Waals surface area (Å²) in [6.45, 7) is -0.502. The number of ether oxygens (including phenoxy) is 4. The molecule has 0 aliphatic carbocycles. The van der Waals surface area contributed by atoms with E-state index in [4.69, 9.17) is 18.9 Å². The van der Waals surface area contributed by atoms with Crippen LogP contribution in [-0.2, 0) is 25.6 Å². The molecule has 10 nitrogen and oxygen atoms in total. The SMILES string of the molecule is OC[C@H]1O[C@@H](O[C@@H]2[C@@H](O)[C@H](OCc3ccccc3)CO[C@H]2O)[C@H](O)[C@@H](O)[C@H]1O. The van der Waals surface area contributed by atoms with Crippen LogP contribution in [-0.4, -0.2) is 99.2 Å². The lowest BCUT2D eigenvalue weighted by Gasteiger charge is -2.44. The van der Waals surface area contributed by atoms with Gasteiger partial charge in [-0.2, -0.15) is 0 Å². The van der Waals surface area contributed by atoms with E-state index < -0.39 is 61.9 Å². The molecule has 0 spiro atoms. The summed E-state index contributed by atoms with van der Waals surface area (Å²) in [5.74, 6) is 0. The van der Waals surface area contributed by atoms with Crippen molar-refractivity contribution in [2.24, 2.45) is 0 Å². The van der Waals surface area contributed by atoms with Crippen molar-refractivity contribution in [2.75, 3.05) is 13.2 Å². The van der Waals surface area contributed by atoms with Gasteiger partial charge >= 0.3 is 0 Å². The molecule has 0 amide bonds. The molecule has 1 aromatic rings. The molecule has 2 heterocycles. The van der Waals surface area contributed by atoms with Crippen LogP contribution in [0.5, 0.6) is 0 Å². The van der Waals surface area contributed by atoms with Crippen molar-refractivity contribution in [3.8, 4) is 0 Å². The molecule has 9 atom stereocenters. The first-order valence-electron chi connectivity index (χ1n) is 9.01. The monoisotopic (exact) mass is 402 g/mol. The topological polar surface area (TPSA) is 158 Å². The normalized spacial score (nSPS) is 41.7. The van der Waals surface area contributed by atoms with Crippen molar-refractivity contribution in [3.63, 3.8) is 0 Å². The van der Waals surface area contributed by atoms with Crippen molar-refractivity contribution in [1.29, 1.82) is 0 Å². The molecule has 0 unspecified atom stereocenters. The zero-order valence-corrected chi connectivity index (χ0v) is 15.0. The van der Waals surface area contributed by atoms with Crippen LogP contribution in [0.25, 0.3) is 0 Å². The van der Waals surface area contributed by atoms with Crippen molar-refractivity contribution < 1.29 is 49.6 Å². The molecule has 2 aliphatic rings. The summed E-state index contributed by atoms with van der Waals surface area (Å²) in [7, 11) is 0. The number of hydrogen-bond donors (Lipinski definition) is 6. The molecule has 0 bridgehead atoms. The van der Waals surface area contributed by atoms with Crippen molar-refractivity contribution in [2.45, 2.75) is 61.9 Å². The predicted molar refractivity (Wildman–Crippen MR) is 91.6 cm³/mol. The number of hydrogen-bond acceptors (Lipinski definition) is 10. The van der Waals surface area contributed by atoms with Gasteiger partial charge in [0.25, 0.3) is 0 Å². The van der Waals surface area contributed by atoms with Gasteiger partial charge in [0.15, 0.2) is 12.6 Å². The first-order valence-corrected chi connectivity index (χ1v) is 9.01. The molecule has 158 valence electrons. The molecule has 0 aromatic heterocycles. The second kappa shape index (κ2) is 9.55. The third kappa shape index (κ3) is 4.69. The quantitative estimate of drug-likeness (QED) is 0.300. The summed E-state index contributed by atoms with van der Waals surface area (Å²) in [4.78, 5) is 0. The standard InChI is InChI=1S/C18H26O10/c19-6-10-12(20)14(22)15(23)18(27-10)28-16-13(21)11(8-26-17(16)24)25-7-9-4-2-1-3-5-9/h1-5,10-24H,6-8H2/t10-,11-,12+,13+,14+,15-,16-,17-,18+/m1/s1. The summed E-state index contributed by atoms with van der Waals surface area (Å²) in [5, 5.41) is 59.5. The fraction of sp³-hybridized carbons (Fsp3) is 0.667. The lowest BCUT2D eigenvalue weighted by molar-refractivity contribution is -0.354. The van der Waals surface area contributed by atoms with Crippen LogP contribution in [0.15, 0.2) is 30.3 Å². The predicted octanol–water partition coefficient (Wildman–Crippen LogP) is -2.53. The van der Waals surface area contributed by atoms with Crippen molar-refractivity contribution in [3.05, 3.63) is 35.9 Å². The summed E-state index contributed by atoms with van der Waals surface area (Å²) < 4.78 is 21.5. The summed E-state index contributed by atoms with van der Waals surface area (Å²) in [6, 6.07) is 9.27. The van der Waals surface area contributed by atoms with Crippen LogP contribution in [0, 0.1) is 0 Å². The third-order valence-corrected chi connectivity index (χ3v) is 4.88. The molecule has 2 saturated heterocycles. The highest BCUT2D eigenvalue weighted by Gasteiger charge is 2.48. The molecule has 3 rings (SSSR count). The molecule has 0 saturated carbocycles. The molecule has 6 N–H and O–H groups in total. The van der Waals surface area contributed by atoms with Gasteiger partial charge in [0, 0.05) is 0 Å². The highest BCUT2D eigenvalue weighted by molar-refractivity contribution is 5.13. The average molecular weight is 402 g/mol. The smallest absolute Gasteiger partial charge is 0.187 e. The highest BCUT2D eigenvalue weighted by Crippen LogP contribution is 2.27. The Morgan fingerprint density at radius 2 is 1.64 bits per heavy atom. The van der Waals surface area contributed by atoms with Crippen LogP contribution in [0.1, 0.15) is 5.56 Å². The van der Waals surface area contributed by atoms with E-state index in [-0.39, 0.29) is 13.2 Å². The minimum absolute atomic E-state index is 0.0797. The van der Waals surface area contributed by atoms with Crippen molar-refractivity contribution in [1.82, 2.24) is 0 Å². The van der Waals surface area contributed by atoms with E-state index in [2.05, 4.69) is 0 Å². The number of benzene rings is 1. The molecular weight excluding hydrogens is 376 g/mol. The van der Waals surface area contributed by atoms with Gasteiger partial charge in [-0.1, -0.05) is 30.3 Å². The van der Waals surface area contributed by atoms with Gasteiger partial charge in [-0.25, -0.2) is 0 Å². The lowest BCUT2D eigenvalue weighted by Crippen LogP contribution is -2.62. The van der Waals surface area contributed by atoms with Crippen LogP contribution < -0.4 is 0 Å². The zero-order valence-electron chi connectivity index (χ0n) is 15.0. The van der Waals surface area contributed by atoms with E-state index >= 15 is 0 Å². The molecule has 2 fully saturated rings. The second-order valence-electron chi connectivity index (χ2n) is 6.85. The zero-order chi connectivity index (χ0) is 20.3. The van der Waals surface area contributed by atoms with E-state index in [1.165, 1.54) is 0 Å². The lowest BCUT2D eigenvalue weighted by atomic mass is 9.99. The minimum Gasteiger partial charge on any atom is -0.394 e. The Hall–Kier alpha value is -1.18. The highest BCUT2D eigenvalue weighted by atomic mass is 16.7. The minimum atomic E-state index is -1.66. The maximum absolute atomic E-state index is 10.5. The van der Waals surface area contributed by atoms with E-state index in [1.54, 1.807) is 0 Å². The maximum atomic E-state index is 10.5. The molecule has 0 radical (unpaired) electrons. The Morgan fingerprint density at radius 3 is 2.32 bits per heavy atom. The van der Waals surface area contributed by atoms with Crippen LogP contribution in [0.4, 0.5) is 0 Å². The Balaban J connectivity index is 1.63. The van der Waals surface area contributed by atoms with Gasteiger partial charge in [-0.05, 0) is 5.56 Å². The van der Waals surface area contributed by atoms with Gasteiger partial charge < -0.3 is 49.6 Å². The van der Waals surface area contributed by atoms with Gasteiger partial charge in [0.05, 0.1) is 19.8 Å². The first-order chi connectivity index (χ1) is 13.4. The van der Waals surface area contributed by atoms with Gasteiger partial charge in [-0.15, -0.1) is 0 Å². The first kappa shape index (κ1) is 21.5. The van der Waals surface area contributed by atoms with E-state index in [0.29, 0.717) is 0 Å². The third-order valence-electron chi connectivity index (χ3n) is 4.88. The van der Waals surface area contributed by atoms with Crippen LogP contribution in [0.3, 0.4) is 0 Å². The molecule has 10 heteroatoms. The summed E-state index contributed by atoms with van der Waals surface area (Å²) in [5.41, 5.74) is 0.882. The molecule has 2 aliphatic heterocycles. The Kier molecular flexibility index (Phi) is 7.34. The maximum Gasteiger partial charge on any atom is 0.187 e.